The van der Waals surface area contributed by atoms with E-state index in [1.54, 1.807) is 7.11 Å². The number of rotatable bonds is 5. The molecule has 0 N–H and O–H groups in total. The van der Waals surface area contributed by atoms with Crippen LogP contribution < -0.4 is 0 Å². The van der Waals surface area contributed by atoms with Crippen molar-refractivity contribution in [2.24, 2.45) is 0 Å². The monoisotopic (exact) mass is 266 g/mol. The lowest BCUT2D eigenvalue weighted by Crippen LogP contribution is -2.03. The third-order valence-electron chi connectivity index (χ3n) is 3.27. The van der Waals surface area contributed by atoms with Gasteiger partial charge >= 0.3 is 0 Å². The molecule has 1 aromatic rings. The Kier molecular flexibility index (Phi) is 5.26. The molecule has 0 bridgehead atoms. The van der Waals surface area contributed by atoms with Gasteiger partial charge in [-0.3, -0.25) is 4.39 Å². The molecule has 0 fully saturated rings. The Morgan fingerprint density at radius 3 is 2.67 bits per heavy atom. The largest absolute Gasteiger partial charge is 0.377 e. The third-order valence-corrected chi connectivity index (χ3v) is 4.17. The number of ether oxygens (including phenoxy) is 1. The van der Waals surface area contributed by atoms with Gasteiger partial charge in [0.25, 0.3) is 0 Å². The Balaban J connectivity index is 2.11. The summed E-state index contributed by atoms with van der Waals surface area (Å²) in [6.45, 7) is -0.345. The third kappa shape index (κ3) is 3.36. The van der Waals surface area contributed by atoms with Crippen molar-refractivity contribution in [1.82, 2.24) is 0 Å². The molecule has 1 aromatic carbocycles. The lowest BCUT2D eigenvalue weighted by atomic mass is 9.99. The molecule has 1 aliphatic heterocycles. The molecule has 0 amide bonds. The van der Waals surface area contributed by atoms with Gasteiger partial charge in [0, 0.05) is 19.3 Å². The van der Waals surface area contributed by atoms with Crippen molar-refractivity contribution >= 4 is 17.3 Å². The Labute approximate surface area is 112 Å². The zero-order valence-corrected chi connectivity index (χ0v) is 11.5. The number of halogens is 1. The average Bonchev–Trinajstić information content (AvgIpc) is 2.46. The first-order valence-electron chi connectivity index (χ1n) is 6.31. The number of benzene rings is 1. The highest BCUT2D eigenvalue weighted by Gasteiger charge is 2.11. The summed E-state index contributed by atoms with van der Waals surface area (Å²) in [5.41, 5.74) is 3.78. The van der Waals surface area contributed by atoms with Crippen molar-refractivity contribution < 1.29 is 9.13 Å². The molecule has 0 radical (unpaired) electrons. The molecular formula is C15H19FOS. The van der Waals surface area contributed by atoms with Gasteiger partial charge in [-0.15, -0.1) is 0 Å². The molecule has 1 nitrogen and oxygen atoms in total. The summed E-state index contributed by atoms with van der Waals surface area (Å²) in [6.07, 6.45) is 3.75. The standard InChI is InChI=1S/C15H19FOS/c1-17-15(6-9-16)14-4-2-12(3-5-14)13-7-10-18-11-8-13/h2-5,7,15H,6,8-11H2,1H3. The second-order valence-corrected chi connectivity index (χ2v) is 5.53. The summed E-state index contributed by atoms with van der Waals surface area (Å²) in [4.78, 5) is 0. The van der Waals surface area contributed by atoms with E-state index in [1.807, 2.05) is 11.8 Å². The van der Waals surface area contributed by atoms with Crippen molar-refractivity contribution in [3.05, 3.63) is 41.5 Å². The van der Waals surface area contributed by atoms with Crippen LogP contribution in [0, 0.1) is 0 Å². The summed E-state index contributed by atoms with van der Waals surface area (Å²) in [6, 6.07) is 8.37. The quantitative estimate of drug-likeness (QED) is 0.787. The van der Waals surface area contributed by atoms with Gasteiger partial charge in [-0.1, -0.05) is 30.3 Å². The fourth-order valence-corrected chi connectivity index (χ4v) is 3.07. The van der Waals surface area contributed by atoms with Gasteiger partial charge in [0.1, 0.15) is 0 Å². The fraction of sp³-hybridized carbons (Fsp3) is 0.467. The summed E-state index contributed by atoms with van der Waals surface area (Å²) in [5, 5.41) is 0. The maximum Gasteiger partial charge on any atom is 0.0922 e. The summed E-state index contributed by atoms with van der Waals surface area (Å²) in [5.74, 6) is 2.32. The van der Waals surface area contributed by atoms with Crippen LogP contribution in [0.1, 0.15) is 30.1 Å². The van der Waals surface area contributed by atoms with Crippen LogP contribution in [0.5, 0.6) is 0 Å². The van der Waals surface area contributed by atoms with E-state index in [0.29, 0.717) is 6.42 Å². The first-order valence-corrected chi connectivity index (χ1v) is 7.46. The molecule has 98 valence electrons. The molecule has 1 unspecified atom stereocenters. The van der Waals surface area contributed by atoms with Crippen LogP contribution in [0.25, 0.3) is 5.57 Å². The van der Waals surface area contributed by atoms with Crippen LogP contribution in [0.3, 0.4) is 0 Å². The fourth-order valence-electron chi connectivity index (χ4n) is 2.22. The molecule has 3 heteroatoms. The van der Waals surface area contributed by atoms with Crippen LogP contribution in [0.4, 0.5) is 4.39 Å². The van der Waals surface area contributed by atoms with Gasteiger partial charge in [0.15, 0.2) is 0 Å². The van der Waals surface area contributed by atoms with Crippen LogP contribution >= 0.6 is 11.8 Å². The van der Waals surface area contributed by atoms with E-state index in [1.165, 1.54) is 16.9 Å². The van der Waals surface area contributed by atoms with Gasteiger partial charge in [-0.25, -0.2) is 0 Å². The van der Waals surface area contributed by atoms with Crippen molar-refractivity contribution in [3.63, 3.8) is 0 Å². The Bertz CT molecular complexity index is 399. The maximum atomic E-state index is 12.4. The molecule has 18 heavy (non-hydrogen) atoms. The van der Waals surface area contributed by atoms with Crippen molar-refractivity contribution in [1.29, 1.82) is 0 Å². The Morgan fingerprint density at radius 1 is 1.33 bits per heavy atom. The van der Waals surface area contributed by atoms with Gasteiger partial charge in [0.2, 0.25) is 0 Å². The highest BCUT2D eigenvalue weighted by molar-refractivity contribution is 7.99. The second kappa shape index (κ2) is 6.95. The smallest absolute Gasteiger partial charge is 0.0922 e. The van der Waals surface area contributed by atoms with E-state index in [2.05, 4.69) is 30.3 Å². The van der Waals surface area contributed by atoms with Gasteiger partial charge in [-0.05, 0) is 28.9 Å². The van der Waals surface area contributed by atoms with E-state index >= 15 is 0 Å². The predicted octanol–water partition coefficient (Wildman–Crippen LogP) is 4.25. The minimum Gasteiger partial charge on any atom is -0.377 e. The molecule has 0 spiro atoms. The van der Waals surface area contributed by atoms with E-state index in [9.17, 15) is 4.39 Å². The van der Waals surface area contributed by atoms with Crippen LogP contribution in [-0.4, -0.2) is 25.3 Å². The molecule has 0 aromatic heterocycles. The number of thioether (sulfide) groups is 1. The molecule has 0 saturated heterocycles. The SMILES string of the molecule is COC(CCF)c1ccc(C2=CCSCC2)cc1. The molecule has 0 aliphatic carbocycles. The van der Waals surface area contributed by atoms with Crippen molar-refractivity contribution in [2.75, 3.05) is 25.3 Å². The number of alkyl halides is 1. The lowest BCUT2D eigenvalue weighted by Gasteiger charge is -2.16. The number of hydrogen-bond acceptors (Lipinski definition) is 2. The van der Waals surface area contributed by atoms with Gasteiger partial charge in [-0.2, -0.15) is 11.8 Å². The summed E-state index contributed by atoms with van der Waals surface area (Å²) in [7, 11) is 1.63. The second-order valence-electron chi connectivity index (χ2n) is 4.38. The molecule has 0 saturated carbocycles. The predicted molar refractivity (Wildman–Crippen MR) is 76.7 cm³/mol. The van der Waals surface area contributed by atoms with Crippen LogP contribution in [0.2, 0.25) is 0 Å². The molecule has 1 atom stereocenters. The zero-order valence-electron chi connectivity index (χ0n) is 10.7. The first kappa shape index (κ1) is 13.6. The van der Waals surface area contributed by atoms with E-state index in [0.717, 1.165) is 17.7 Å². The Morgan fingerprint density at radius 2 is 2.11 bits per heavy atom. The summed E-state index contributed by atoms with van der Waals surface area (Å²) >= 11 is 1.97. The normalized spacial score (nSPS) is 17.3. The molecule has 1 heterocycles. The number of allylic oxidation sites excluding steroid dienone is 1. The topological polar surface area (TPSA) is 9.23 Å². The minimum atomic E-state index is -0.345. The minimum absolute atomic E-state index is 0.125. The molecular weight excluding hydrogens is 247 g/mol. The van der Waals surface area contributed by atoms with Crippen molar-refractivity contribution in [2.45, 2.75) is 18.9 Å². The summed E-state index contributed by atoms with van der Waals surface area (Å²) < 4.78 is 17.7. The van der Waals surface area contributed by atoms with E-state index in [4.69, 9.17) is 4.74 Å². The van der Waals surface area contributed by atoms with E-state index < -0.39 is 0 Å². The highest BCUT2D eigenvalue weighted by atomic mass is 32.2. The lowest BCUT2D eigenvalue weighted by molar-refractivity contribution is 0.0890. The van der Waals surface area contributed by atoms with Crippen LogP contribution in [0.15, 0.2) is 30.3 Å². The highest BCUT2D eigenvalue weighted by Crippen LogP contribution is 2.28. The number of methoxy groups -OCH3 is 1. The van der Waals surface area contributed by atoms with E-state index in [-0.39, 0.29) is 12.8 Å². The van der Waals surface area contributed by atoms with Gasteiger partial charge in [0.05, 0.1) is 12.8 Å². The molecule has 2 rings (SSSR count). The average molecular weight is 266 g/mol. The Hall–Kier alpha value is -0.800. The van der Waals surface area contributed by atoms with Crippen molar-refractivity contribution in [3.8, 4) is 0 Å². The number of hydrogen-bond donors (Lipinski definition) is 0. The maximum absolute atomic E-state index is 12.4. The van der Waals surface area contributed by atoms with Crippen LogP contribution in [-0.2, 0) is 4.74 Å². The molecule has 1 aliphatic rings. The first-order chi connectivity index (χ1) is 8.85. The zero-order chi connectivity index (χ0) is 12.8. The van der Waals surface area contributed by atoms with Gasteiger partial charge < -0.3 is 4.74 Å².